The van der Waals surface area contributed by atoms with Crippen molar-refractivity contribution >= 4 is 33.4 Å². The zero-order valence-electron chi connectivity index (χ0n) is 12.9. The van der Waals surface area contributed by atoms with Gasteiger partial charge >= 0.3 is 0 Å². The molecule has 0 spiro atoms. The lowest BCUT2D eigenvalue weighted by Gasteiger charge is -2.17. The van der Waals surface area contributed by atoms with Crippen molar-refractivity contribution in [2.24, 2.45) is 0 Å². The van der Waals surface area contributed by atoms with Crippen LogP contribution in [0.15, 0.2) is 59.1 Å². The summed E-state index contributed by atoms with van der Waals surface area (Å²) in [6.07, 6.45) is -0.632. The summed E-state index contributed by atoms with van der Waals surface area (Å²) in [4.78, 5) is 25.9. The number of amides is 2. The fourth-order valence-electron chi connectivity index (χ4n) is 2.70. The summed E-state index contributed by atoms with van der Waals surface area (Å²) in [5.41, 5.74) is 1.33. The Morgan fingerprint density at radius 1 is 1.12 bits per heavy atom. The zero-order valence-corrected chi connectivity index (χ0v) is 14.4. The number of hydrogen-bond donors (Lipinski definition) is 2. The van der Waals surface area contributed by atoms with E-state index in [1.165, 1.54) is 4.90 Å². The van der Waals surface area contributed by atoms with Crippen molar-refractivity contribution in [2.45, 2.75) is 18.6 Å². The first-order chi connectivity index (χ1) is 11.6. The van der Waals surface area contributed by atoms with Gasteiger partial charge in [-0.3, -0.25) is 9.59 Å². The molecule has 2 aromatic carbocycles. The minimum Gasteiger partial charge on any atom is -0.387 e. The molecule has 1 fully saturated rings. The van der Waals surface area contributed by atoms with Gasteiger partial charge in [-0.2, -0.15) is 0 Å². The number of nitrogens with one attached hydrogen (secondary N) is 1. The van der Waals surface area contributed by atoms with E-state index in [2.05, 4.69) is 21.2 Å². The van der Waals surface area contributed by atoms with E-state index in [4.69, 9.17) is 0 Å². The number of benzene rings is 2. The second-order valence-electron chi connectivity index (χ2n) is 5.64. The molecular weight excluding hydrogens is 372 g/mol. The average Bonchev–Trinajstić information content (AvgIpc) is 2.88. The number of nitrogens with zero attached hydrogens (tertiary/aromatic N) is 1. The molecule has 0 radical (unpaired) electrons. The van der Waals surface area contributed by atoms with Gasteiger partial charge in [0.15, 0.2) is 0 Å². The number of hydrogen-bond acceptors (Lipinski definition) is 4. The largest absolute Gasteiger partial charge is 0.387 e. The van der Waals surface area contributed by atoms with Gasteiger partial charge in [-0.05, 0) is 29.8 Å². The van der Waals surface area contributed by atoms with Crippen molar-refractivity contribution in [1.82, 2.24) is 5.32 Å². The third-order valence-corrected chi connectivity index (χ3v) is 4.50. The van der Waals surface area contributed by atoms with E-state index in [9.17, 15) is 14.7 Å². The van der Waals surface area contributed by atoms with Crippen LogP contribution < -0.4 is 10.2 Å². The predicted octanol–water partition coefficient (Wildman–Crippen LogP) is 2.40. The summed E-state index contributed by atoms with van der Waals surface area (Å²) in [7, 11) is 0. The maximum atomic E-state index is 12.5. The quantitative estimate of drug-likeness (QED) is 0.771. The molecule has 1 aliphatic heterocycles. The van der Waals surface area contributed by atoms with E-state index in [1.807, 2.05) is 30.3 Å². The van der Waals surface area contributed by atoms with Crippen molar-refractivity contribution < 1.29 is 14.7 Å². The summed E-state index contributed by atoms with van der Waals surface area (Å²) < 4.78 is 0.881. The molecule has 0 saturated carbocycles. The molecule has 2 N–H and O–H groups in total. The molecule has 2 aromatic rings. The third-order valence-electron chi connectivity index (χ3n) is 3.97. The molecule has 2 atom stereocenters. The second kappa shape index (κ2) is 7.25. The highest BCUT2D eigenvalue weighted by Crippen LogP contribution is 2.25. The smallest absolute Gasteiger partial charge is 0.251 e. The molecule has 0 aromatic heterocycles. The number of anilines is 1. The number of halogens is 1. The van der Waals surface area contributed by atoms with Gasteiger partial charge in [0.1, 0.15) is 0 Å². The Balaban J connectivity index is 1.65. The molecule has 0 aliphatic carbocycles. The number of carbonyl (C=O) groups is 2. The van der Waals surface area contributed by atoms with E-state index in [0.717, 1.165) is 10.0 Å². The lowest BCUT2D eigenvalue weighted by Crippen LogP contribution is -2.40. The SMILES string of the molecule is O=C1C[C@H](NC[C@@H](O)c2ccccc2)C(=O)N1c1ccc(Br)cc1. The Hall–Kier alpha value is -2.02. The summed E-state index contributed by atoms with van der Waals surface area (Å²) in [6.45, 7) is 0.210. The lowest BCUT2D eigenvalue weighted by molar-refractivity contribution is -0.121. The molecule has 1 aliphatic rings. The molecule has 6 heteroatoms. The molecular formula is C18H17BrN2O3. The normalized spacial score (nSPS) is 18.9. The molecule has 0 unspecified atom stereocenters. The fraction of sp³-hybridized carbons (Fsp3) is 0.222. The number of imide groups is 1. The number of aliphatic hydroxyl groups is 1. The average molecular weight is 389 g/mol. The Morgan fingerprint density at radius 2 is 1.79 bits per heavy atom. The monoisotopic (exact) mass is 388 g/mol. The summed E-state index contributed by atoms with van der Waals surface area (Å²) in [5, 5.41) is 13.2. The van der Waals surface area contributed by atoms with Crippen molar-refractivity contribution in [3.8, 4) is 0 Å². The molecule has 24 heavy (non-hydrogen) atoms. The van der Waals surface area contributed by atoms with Gasteiger partial charge in [-0.25, -0.2) is 4.90 Å². The molecule has 2 amide bonds. The molecule has 5 nitrogen and oxygen atoms in total. The van der Waals surface area contributed by atoms with Crippen molar-refractivity contribution in [1.29, 1.82) is 0 Å². The van der Waals surface area contributed by atoms with Crippen molar-refractivity contribution in [3.05, 3.63) is 64.6 Å². The van der Waals surface area contributed by atoms with E-state index >= 15 is 0 Å². The topological polar surface area (TPSA) is 69.6 Å². The van der Waals surface area contributed by atoms with Crippen LogP contribution in [-0.2, 0) is 9.59 Å². The predicted molar refractivity (Wildman–Crippen MR) is 94.4 cm³/mol. The first kappa shape index (κ1) is 16.8. The van der Waals surface area contributed by atoms with Crippen LogP contribution in [0.2, 0.25) is 0 Å². The van der Waals surface area contributed by atoms with Gasteiger partial charge < -0.3 is 10.4 Å². The standard InChI is InChI=1S/C18H17BrN2O3/c19-13-6-8-14(9-7-13)21-17(23)10-15(18(21)24)20-11-16(22)12-4-2-1-3-5-12/h1-9,15-16,20,22H,10-11H2/t15-,16+/m0/s1. The van der Waals surface area contributed by atoms with E-state index < -0.39 is 12.1 Å². The van der Waals surface area contributed by atoms with E-state index in [1.54, 1.807) is 24.3 Å². The maximum absolute atomic E-state index is 12.5. The highest BCUT2D eigenvalue weighted by atomic mass is 79.9. The Morgan fingerprint density at radius 3 is 2.46 bits per heavy atom. The Labute approximate surface area is 148 Å². The van der Waals surface area contributed by atoms with Crippen molar-refractivity contribution in [2.75, 3.05) is 11.4 Å². The van der Waals surface area contributed by atoms with E-state index in [0.29, 0.717) is 5.69 Å². The number of carbonyl (C=O) groups excluding carboxylic acids is 2. The lowest BCUT2D eigenvalue weighted by atomic mass is 10.1. The molecule has 3 rings (SSSR count). The first-order valence-electron chi connectivity index (χ1n) is 7.65. The van der Waals surface area contributed by atoms with Crippen molar-refractivity contribution in [3.63, 3.8) is 0 Å². The van der Waals surface area contributed by atoms with Gasteiger partial charge in [0.05, 0.1) is 24.3 Å². The first-order valence-corrected chi connectivity index (χ1v) is 8.44. The van der Waals surface area contributed by atoms with Crippen LogP contribution in [0.5, 0.6) is 0 Å². The summed E-state index contributed by atoms with van der Waals surface area (Å²) in [6, 6.07) is 15.6. The van der Waals surface area contributed by atoms with Crippen LogP contribution in [0.25, 0.3) is 0 Å². The Kier molecular flexibility index (Phi) is 5.08. The van der Waals surface area contributed by atoms with Crippen LogP contribution in [-0.4, -0.2) is 29.5 Å². The fourth-order valence-corrected chi connectivity index (χ4v) is 2.96. The van der Waals surface area contributed by atoms with Crippen LogP contribution in [0.1, 0.15) is 18.1 Å². The van der Waals surface area contributed by atoms with Crippen LogP contribution in [0, 0.1) is 0 Å². The third kappa shape index (κ3) is 3.56. The highest BCUT2D eigenvalue weighted by Gasteiger charge is 2.39. The molecule has 1 saturated heterocycles. The minimum atomic E-state index is -0.726. The molecule has 124 valence electrons. The Bertz CT molecular complexity index is 734. The van der Waals surface area contributed by atoms with Gasteiger partial charge in [-0.1, -0.05) is 46.3 Å². The van der Waals surface area contributed by atoms with Gasteiger partial charge in [0, 0.05) is 11.0 Å². The number of rotatable bonds is 5. The highest BCUT2D eigenvalue weighted by molar-refractivity contribution is 9.10. The van der Waals surface area contributed by atoms with Crippen LogP contribution in [0.3, 0.4) is 0 Å². The second-order valence-corrected chi connectivity index (χ2v) is 6.55. The zero-order chi connectivity index (χ0) is 17.1. The summed E-state index contributed by atoms with van der Waals surface area (Å²) >= 11 is 3.33. The molecule has 0 bridgehead atoms. The van der Waals surface area contributed by atoms with E-state index in [-0.39, 0.29) is 24.8 Å². The van der Waals surface area contributed by atoms with Crippen LogP contribution in [0.4, 0.5) is 5.69 Å². The summed E-state index contributed by atoms with van der Waals surface area (Å²) in [5.74, 6) is -0.531. The van der Waals surface area contributed by atoms with Gasteiger partial charge in [-0.15, -0.1) is 0 Å². The maximum Gasteiger partial charge on any atom is 0.251 e. The van der Waals surface area contributed by atoms with Gasteiger partial charge in [0.25, 0.3) is 5.91 Å². The minimum absolute atomic E-state index is 0.0937. The number of aliphatic hydroxyl groups excluding tert-OH is 1. The van der Waals surface area contributed by atoms with Crippen LogP contribution >= 0.6 is 15.9 Å². The van der Waals surface area contributed by atoms with Gasteiger partial charge in [0.2, 0.25) is 5.91 Å². The molecule has 1 heterocycles.